The third-order valence-electron chi connectivity index (χ3n) is 7.18. The summed E-state index contributed by atoms with van der Waals surface area (Å²) in [6.45, 7) is 2.27. The molecule has 0 aromatic carbocycles. The van der Waals surface area contributed by atoms with Crippen molar-refractivity contribution in [2.45, 2.75) is 81.8 Å². The van der Waals surface area contributed by atoms with E-state index < -0.39 is 0 Å². The first-order chi connectivity index (χ1) is 15.6. The first kappa shape index (κ1) is 24.1. The van der Waals surface area contributed by atoms with Crippen LogP contribution >= 0.6 is 11.6 Å². The zero-order valence-corrected chi connectivity index (χ0v) is 19.4. The van der Waals surface area contributed by atoms with Crippen molar-refractivity contribution in [2.75, 3.05) is 19.6 Å². The van der Waals surface area contributed by atoms with Gasteiger partial charge in [0.15, 0.2) is 0 Å². The molecule has 182 valence electrons. The lowest BCUT2D eigenvalue weighted by molar-refractivity contribution is -0.134. The van der Waals surface area contributed by atoms with E-state index in [4.69, 9.17) is 16.4 Å². The fourth-order valence-corrected chi connectivity index (χ4v) is 5.50. The van der Waals surface area contributed by atoms with Gasteiger partial charge in [-0.3, -0.25) is 25.2 Å². The monoisotopic (exact) mass is 471 g/mol. The quantitative estimate of drug-likeness (QED) is 0.142. The molecule has 0 spiro atoms. The molecule has 0 bridgehead atoms. The van der Waals surface area contributed by atoms with Crippen LogP contribution in [0.2, 0.25) is 0 Å². The lowest BCUT2D eigenvalue weighted by atomic mass is 9.76. The number of carbonyl (C=O) groups is 2. The second-order valence-electron chi connectivity index (χ2n) is 9.44. The fourth-order valence-electron chi connectivity index (χ4n) is 5.29. The van der Waals surface area contributed by atoms with E-state index in [0.29, 0.717) is 31.2 Å². The standard InChI is InChI=1S/C21H38ClN7O3/c22-16-7-6-13(12-25-16)19-26-18(32-29-19)9-8-17(30)23-10-3-11-24-20-14-4-1-2-5-15(14)21(31)28-27-20/h13-16,18-20,24-27,29H,1-12H2,(H,23,30)(H,28,31). The van der Waals surface area contributed by atoms with Crippen LogP contribution in [0.25, 0.3) is 0 Å². The van der Waals surface area contributed by atoms with E-state index in [1.807, 2.05) is 0 Å². The van der Waals surface area contributed by atoms with Crippen molar-refractivity contribution in [3.05, 3.63) is 0 Å². The van der Waals surface area contributed by atoms with Gasteiger partial charge in [-0.05, 0) is 45.1 Å². The molecule has 32 heavy (non-hydrogen) atoms. The Morgan fingerprint density at radius 3 is 2.88 bits per heavy atom. The van der Waals surface area contributed by atoms with E-state index in [2.05, 4.69) is 37.6 Å². The van der Waals surface area contributed by atoms with E-state index >= 15 is 0 Å². The molecule has 3 aliphatic heterocycles. The van der Waals surface area contributed by atoms with E-state index in [9.17, 15) is 9.59 Å². The number of hydrogen-bond acceptors (Lipinski definition) is 8. The number of hydroxylamine groups is 1. The van der Waals surface area contributed by atoms with Crippen LogP contribution in [0.15, 0.2) is 0 Å². The summed E-state index contributed by atoms with van der Waals surface area (Å²) in [4.78, 5) is 29.8. The van der Waals surface area contributed by atoms with Crippen molar-refractivity contribution < 1.29 is 14.4 Å². The van der Waals surface area contributed by atoms with Crippen LogP contribution in [0, 0.1) is 17.8 Å². The Kier molecular flexibility index (Phi) is 8.98. The number of amides is 2. The highest BCUT2D eigenvalue weighted by atomic mass is 35.5. The van der Waals surface area contributed by atoms with Crippen molar-refractivity contribution >= 4 is 23.4 Å². The van der Waals surface area contributed by atoms with Crippen LogP contribution in [-0.2, 0) is 14.4 Å². The van der Waals surface area contributed by atoms with Crippen molar-refractivity contribution in [3.63, 3.8) is 0 Å². The molecule has 10 nitrogen and oxygen atoms in total. The van der Waals surface area contributed by atoms with Gasteiger partial charge >= 0.3 is 0 Å². The summed E-state index contributed by atoms with van der Waals surface area (Å²) in [5.74, 6) is 1.06. The molecule has 7 unspecified atom stereocenters. The van der Waals surface area contributed by atoms with Gasteiger partial charge in [-0.25, -0.2) is 5.43 Å². The Morgan fingerprint density at radius 1 is 1.16 bits per heavy atom. The van der Waals surface area contributed by atoms with Crippen LogP contribution in [-0.4, -0.2) is 55.5 Å². The number of hydrazine groups is 1. The maximum Gasteiger partial charge on any atom is 0.237 e. The minimum atomic E-state index is -0.155. The molecule has 1 saturated carbocycles. The molecule has 0 aromatic rings. The van der Waals surface area contributed by atoms with E-state index in [1.165, 1.54) is 6.42 Å². The topological polar surface area (TPSA) is 128 Å². The maximum absolute atomic E-state index is 12.2. The number of fused-ring (bicyclic) bond motifs is 1. The molecule has 2 amide bonds. The lowest BCUT2D eigenvalue weighted by Gasteiger charge is -2.41. The molecule has 4 aliphatic rings. The Morgan fingerprint density at radius 2 is 2.03 bits per heavy atom. The summed E-state index contributed by atoms with van der Waals surface area (Å²) in [6, 6.07) is 0. The molecule has 0 aromatic heterocycles. The largest absolute Gasteiger partial charge is 0.356 e. The average molecular weight is 472 g/mol. The van der Waals surface area contributed by atoms with Crippen molar-refractivity contribution in [1.29, 1.82) is 0 Å². The second-order valence-corrected chi connectivity index (χ2v) is 9.97. The van der Waals surface area contributed by atoms with Crippen LogP contribution in [0.3, 0.4) is 0 Å². The molecule has 3 heterocycles. The van der Waals surface area contributed by atoms with Crippen LogP contribution in [0.4, 0.5) is 0 Å². The lowest BCUT2D eigenvalue weighted by Crippen LogP contribution is -2.64. The third kappa shape index (κ3) is 6.53. The van der Waals surface area contributed by atoms with Gasteiger partial charge < -0.3 is 16.0 Å². The first-order valence-corrected chi connectivity index (χ1v) is 12.6. The first-order valence-electron chi connectivity index (χ1n) is 12.2. The zero-order chi connectivity index (χ0) is 22.3. The molecule has 1 aliphatic carbocycles. The van der Waals surface area contributed by atoms with Crippen LogP contribution in [0.5, 0.6) is 0 Å². The van der Waals surface area contributed by atoms with E-state index in [1.54, 1.807) is 0 Å². The highest BCUT2D eigenvalue weighted by Crippen LogP contribution is 2.33. The van der Waals surface area contributed by atoms with Crippen molar-refractivity contribution in [3.8, 4) is 0 Å². The molecule has 3 saturated heterocycles. The number of rotatable bonds is 9. The minimum Gasteiger partial charge on any atom is -0.356 e. The predicted molar refractivity (Wildman–Crippen MR) is 121 cm³/mol. The summed E-state index contributed by atoms with van der Waals surface area (Å²) in [6.07, 6.45) is 8.30. The van der Waals surface area contributed by atoms with Gasteiger partial charge in [-0.15, -0.1) is 11.6 Å². The van der Waals surface area contributed by atoms with E-state index in [0.717, 1.165) is 51.6 Å². The average Bonchev–Trinajstić information content (AvgIpc) is 3.28. The van der Waals surface area contributed by atoms with Crippen LogP contribution in [0.1, 0.15) is 57.8 Å². The van der Waals surface area contributed by atoms with Crippen molar-refractivity contribution in [1.82, 2.24) is 37.6 Å². The normalized spacial score (nSPS) is 37.5. The van der Waals surface area contributed by atoms with Gasteiger partial charge in [0.25, 0.3) is 0 Å². The highest BCUT2D eigenvalue weighted by molar-refractivity contribution is 6.20. The molecular formula is C21H38ClN7O3. The number of piperidine rings is 1. The smallest absolute Gasteiger partial charge is 0.237 e. The fraction of sp³-hybridized carbons (Fsp3) is 0.905. The van der Waals surface area contributed by atoms with E-state index in [-0.39, 0.29) is 41.8 Å². The molecule has 7 N–H and O–H groups in total. The van der Waals surface area contributed by atoms with Gasteiger partial charge in [-0.1, -0.05) is 12.8 Å². The Hall–Kier alpha value is -1.01. The summed E-state index contributed by atoms with van der Waals surface area (Å²) in [5, 5.41) is 13.2. The summed E-state index contributed by atoms with van der Waals surface area (Å²) in [5.41, 5.74) is 9.04. The third-order valence-corrected chi connectivity index (χ3v) is 7.55. The molecule has 0 radical (unpaired) electrons. The summed E-state index contributed by atoms with van der Waals surface area (Å²) >= 11 is 6.09. The van der Waals surface area contributed by atoms with Gasteiger partial charge in [0.05, 0.1) is 17.8 Å². The van der Waals surface area contributed by atoms with Gasteiger partial charge in [-0.2, -0.15) is 5.48 Å². The number of nitrogens with one attached hydrogen (secondary N) is 7. The van der Waals surface area contributed by atoms with Gasteiger partial charge in [0.1, 0.15) is 6.23 Å². The van der Waals surface area contributed by atoms with Crippen molar-refractivity contribution in [2.24, 2.45) is 17.8 Å². The Balaban J connectivity index is 1.05. The van der Waals surface area contributed by atoms with Crippen LogP contribution < -0.4 is 37.6 Å². The summed E-state index contributed by atoms with van der Waals surface area (Å²) in [7, 11) is 0. The molecule has 4 rings (SSSR count). The predicted octanol–water partition coefficient (Wildman–Crippen LogP) is -0.0295. The minimum absolute atomic E-state index is 0.0403. The number of alkyl halides is 1. The number of carbonyl (C=O) groups excluding carboxylic acids is 2. The second kappa shape index (κ2) is 11.9. The molecule has 11 heteroatoms. The Labute approximate surface area is 195 Å². The molecular weight excluding hydrogens is 434 g/mol. The SMILES string of the molecule is O=C(CCC1NC(C2CCC(Cl)NC2)NO1)NCCCNC1NNC(=O)C2CCCCC12. The number of halogens is 1. The highest BCUT2D eigenvalue weighted by Gasteiger charge is 2.39. The molecule has 7 atom stereocenters. The van der Waals surface area contributed by atoms with Gasteiger partial charge in [0, 0.05) is 37.3 Å². The van der Waals surface area contributed by atoms with Gasteiger partial charge in [0.2, 0.25) is 11.8 Å². The maximum atomic E-state index is 12.2. The number of hydrogen-bond donors (Lipinski definition) is 7. The zero-order valence-electron chi connectivity index (χ0n) is 18.6. The summed E-state index contributed by atoms with van der Waals surface area (Å²) < 4.78 is 0. The Bertz CT molecular complexity index is 635. The molecule has 4 fully saturated rings.